The molecule has 0 radical (unpaired) electrons. The molecule has 2 atom stereocenters. The Morgan fingerprint density at radius 2 is 1.55 bits per heavy atom. The van der Waals surface area contributed by atoms with Gasteiger partial charge in [0.2, 0.25) is 0 Å². The van der Waals surface area contributed by atoms with Crippen molar-refractivity contribution in [1.29, 1.82) is 0 Å². The summed E-state index contributed by atoms with van der Waals surface area (Å²) in [6.45, 7) is 0. The molecule has 0 aromatic heterocycles. The number of methoxy groups -OCH3 is 1. The van der Waals surface area contributed by atoms with Crippen molar-refractivity contribution in [2.45, 2.75) is 12.2 Å². The fourth-order valence-corrected chi connectivity index (χ4v) is 3.67. The Bertz CT molecular complexity index is 1030. The largest absolute Gasteiger partial charge is 0.504 e. The van der Waals surface area contributed by atoms with Gasteiger partial charge in [0.15, 0.2) is 11.5 Å². The molecule has 1 heterocycles. The van der Waals surface area contributed by atoms with E-state index in [0.717, 1.165) is 22.4 Å². The van der Waals surface area contributed by atoms with Crippen LogP contribution in [0, 0.1) is 0 Å². The number of halogens is 2. The lowest BCUT2D eigenvalue weighted by molar-refractivity contribution is 0.363. The Morgan fingerprint density at radius 1 is 0.897 bits per heavy atom. The SMILES string of the molecule is COc1cccc(C2C=C(c3ccc(Cl)cc3)NC(c3ccc(Cl)cc3)N2)c1O. The molecule has 0 aliphatic carbocycles. The molecule has 2 unspecified atom stereocenters. The fourth-order valence-electron chi connectivity index (χ4n) is 3.42. The van der Waals surface area contributed by atoms with Crippen LogP contribution in [0.1, 0.15) is 28.9 Å². The Balaban J connectivity index is 1.77. The van der Waals surface area contributed by atoms with E-state index in [2.05, 4.69) is 10.6 Å². The van der Waals surface area contributed by atoms with Gasteiger partial charge in [-0.25, -0.2) is 0 Å². The Hall–Kier alpha value is -2.66. The first-order valence-corrected chi connectivity index (χ1v) is 9.92. The summed E-state index contributed by atoms with van der Waals surface area (Å²) in [5, 5.41) is 19.1. The number of nitrogens with one attached hydrogen (secondary N) is 2. The molecule has 1 aliphatic rings. The quantitative estimate of drug-likeness (QED) is 0.502. The van der Waals surface area contributed by atoms with Crippen LogP contribution in [0.4, 0.5) is 0 Å². The zero-order chi connectivity index (χ0) is 20.4. The highest BCUT2D eigenvalue weighted by Gasteiger charge is 2.26. The first kappa shape index (κ1) is 19.6. The lowest BCUT2D eigenvalue weighted by atomic mass is 9.97. The van der Waals surface area contributed by atoms with Gasteiger partial charge in [0, 0.05) is 21.3 Å². The Labute approximate surface area is 179 Å². The lowest BCUT2D eigenvalue weighted by Crippen LogP contribution is -2.39. The molecule has 6 heteroatoms. The third-order valence-electron chi connectivity index (χ3n) is 4.92. The minimum absolute atomic E-state index is 0.121. The summed E-state index contributed by atoms with van der Waals surface area (Å²) in [6, 6.07) is 20.6. The van der Waals surface area contributed by atoms with Crippen molar-refractivity contribution in [3.05, 3.63) is 99.5 Å². The minimum Gasteiger partial charge on any atom is -0.504 e. The standard InChI is InChI=1S/C23H20Cl2N2O2/c1-29-21-4-2-3-18(22(21)28)20-13-19(14-5-9-16(24)10-6-14)26-23(27-20)15-7-11-17(25)12-8-15/h2-13,20,23,26-28H,1H3. The van der Waals surface area contributed by atoms with Crippen molar-refractivity contribution < 1.29 is 9.84 Å². The summed E-state index contributed by atoms with van der Waals surface area (Å²) in [6.07, 6.45) is 1.86. The van der Waals surface area contributed by atoms with Gasteiger partial charge in [-0.3, -0.25) is 5.32 Å². The van der Waals surface area contributed by atoms with E-state index in [1.54, 1.807) is 13.2 Å². The van der Waals surface area contributed by atoms with Crippen LogP contribution in [0.5, 0.6) is 11.5 Å². The smallest absolute Gasteiger partial charge is 0.162 e. The third-order valence-corrected chi connectivity index (χ3v) is 5.43. The van der Waals surface area contributed by atoms with Crippen LogP contribution in [0.3, 0.4) is 0 Å². The van der Waals surface area contributed by atoms with Gasteiger partial charge in [0.25, 0.3) is 0 Å². The number of ether oxygens (including phenoxy) is 1. The van der Waals surface area contributed by atoms with Gasteiger partial charge < -0.3 is 15.2 Å². The maximum absolute atomic E-state index is 10.7. The van der Waals surface area contributed by atoms with Gasteiger partial charge in [-0.05, 0) is 47.5 Å². The van der Waals surface area contributed by atoms with E-state index >= 15 is 0 Å². The number of phenols is 1. The van der Waals surface area contributed by atoms with Gasteiger partial charge in [-0.15, -0.1) is 0 Å². The average Bonchev–Trinajstić information content (AvgIpc) is 2.74. The molecule has 0 spiro atoms. The van der Waals surface area contributed by atoms with Crippen molar-refractivity contribution in [3.8, 4) is 11.5 Å². The summed E-state index contributed by atoms with van der Waals surface area (Å²) in [7, 11) is 1.54. The predicted molar refractivity (Wildman–Crippen MR) is 117 cm³/mol. The number of phenolic OH excluding ortho intramolecular Hbond substituents is 1. The number of rotatable bonds is 4. The molecule has 0 fully saturated rings. The van der Waals surface area contributed by atoms with Gasteiger partial charge in [-0.2, -0.15) is 0 Å². The monoisotopic (exact) mass is 426 g/mol. The zero-order valence-electron chi connectivity index (χ0n) is 15.7. The number of hydrogen-bond acceptors (Lipinski definition) is 4. The molecule has 4 nitrogen and oxygen atoms in total. The van der Waals surface area contributed by atoms with E-state index in [-0.39, 0.29) is 18.0 Å². The van der Waals surface area contributed by atoms with Crippen LogP contribution in [0.25, 0.3) is 5.70 Å². The number of benzene rings is 3. The van der Waals surface area contributed by atoms with Crippen molar-refractivity contribution >= 4 is 28.9 Å². The molecule has 0 saturated heterocycles. The Morgan fingerprint density at radius 3 is 2.21 bits per heavy atom. The highest BCUT2D eigenvalue weighted by molar-refractivity contribution is 6.30. The van der Waals surface area contributed by atoms with E-state index in [1.807, 2.05) is 66.7 Å². The zero-order valence-corrected chi connectivity index (χ0v) is 17.2. The molecule has 3 aromatic carbocycles. The van der Waals surface area contributed by atoms with E-state index in [1.165, 1.54) is 0 Å². The second kappa shape index (κ2) is 8.37. The molecule has 3 aromatic rings. The summed E-state index contributed by atoms with van der Waals surface area (Å²) < 4.78 is 5.28. The molecule has 3 N–H and O–H groups in total. The van der Waals surface area contributed by atoms with Crippen LogP contribution in [-0.2, 0) is 0 Å². The number of aromatic hydroxyl groups is 1. The van der Waals surface area contributed by atoms with Gasteiger partial charge in [0.05, 0.1) is 13.2 Å². The van der Waals surface area contributed by atoms with Crippen molar-refractivity contribution in [2.75, 3.05) is 7.11 Å². The second-order valence-corrected chi connectivity index (χ2v) is 7.63. The predicted octanol–water partition coefficient (Wildman–Crippen LogP) is 5.68. The van der Waals surface area contributed by atoms with E-state index < -0.39 is 0 Å². The maximum atomic E-state index is 10.7. The average molecular weight is 427 g/mol. The van der Waals surface area contributed by atoms with E-state index in [0.29, 0.717) is 15.8 Å². The summed E-state index contributed by atoms with van der Waals surface area (Å²) in [5.41, 5.74) is 3.70. The van der Waals surface area contributed by atoms with Crippen molar-refractivity contribution in [2.24, 2.45) is 0 Å². The number of hydrogen-bond donors (Lipinski definition) is 3. The minimum atomic E-state index is -0.238. The molecule has 148 valence electrons. The van der Waals surface area contributed by atoms with Crippen LogP contribution in [0.2, 0.25) is 10.0 Å². The van der Waals surface area contributed by atoms with Gasteiger partial charge in [-0.1, -0.05) is 59.6 Å². The number of para-hydroxylation sites is 1. The third kappa shape index (κ3) is 4.20. The molecular weight excluding hydrogens is 407 g/mol. The van der Waals surface area contributed by atoms with E-state index in [9.17, 15) is 5.11 Å². The second-order valence-electron chi connectivity index (χ2n) is 6.76. The van der Waals surface area contributed by atoms with Crippen molar-refractivity contribution in [1.82, 2.24) is 10.6 Å². The maximum Gasteiger partial charge on any atom is 0.162 e. The molecule has 0 amide bonds. The first-order valence-electron chi connectivity index (χ1n) is 9.17. The van der Waals surface area contributed by atoms with Gasteiger partial charge >= 0.3 is 0 Å². The van der Waals surface area contributed by atoms with Crippen LogP contribution < -0.4 is 15.4 Å². The van der Waals surface area contributed by atoms with Gasteiger partial charge in [0.1, 0.15) is 6.17 Å². The topological polar surface area (TPSA) is 53.5 Å². The molecule has 1 aliphatic heterocycles. The summed E-state index contributed by atoms with van der Waals surface area (Å²) >= 11 is 12.1. The summed E-state index contributed by atoms with van der Waals surface area (Å²) in [4.78, 5) is 0. The fraction of sp³-hybridized carbons (Fsp3) is 0.130. The molecule has 4 rings (SSSR count). The van der Waals surface area contributed by atoms with Crippen LogP contribution in [-0.4, -0.2) is 12.2 Å². The van der Waals surface area contributed by atoms with Crippen LogP contribution in [0.15, 0.2) is 72.8 Å². The van der Waals surface area contributed by atoms with Crippen LogP contribution >= 0.6 is 23.2 Å². The Kier molecular flexibility index (Phi) is 5.67. The molecular formula is C23H20Cl2N2O2. The highest BCUT2D eigenvalue weighted by atomic mass is 35.5. The highest BCUT2D eigenvalue weighted by Crippen LogP contribution is 2.38. The van der Waals surface area contributed by atoms with E-state index in [4.69, 9.17) is 27.9 Å². The lowest BCUT2D eigenvalue weighted by Gasteiger charge is -2.33. The van der Waals surface area contributed by atoms with Crippen molar-refractivity contribution in [3.63, 3.8) is 0 Å². The first-order chi connectivity index (χ1) is 14.0. The normalized spacial score (nSPS) is 18.7. The summed E-state index contributed by atoms with van der Waals surface area (Å²) in [5.74, 6) is 0.559. The molecule has 0 bridgehead atoms. The molecule has 0 saturated carbocycles. The molecule has 29 heavy (non-hydrogen) atoms.